The second-order valence-electron chi connectivity index (χ2n) is 8.48. The van der Waals surface area contributed by atoms with E-state index in [1.807, 2.05) is 19.1 Å². The van der Waals surface area contributed by atoms with Crippen LogP contribution in [0, 0.1) is 0 Å². The Morgan fingerprint density at radius 2 is 1.94 bits per heavy atom. The molecule has 1 atom stereocenters. The molecule has 1 aliphatic heterocycles. The first-order chi connectivity index (χ1) is 15.1. The third kappa shape index (κ3) is 5.34. The lowest BCUT2D eigenvalue weighted by atomic mass is 10.0. The molecule has 7 nitrogen and oxygen atoms in total. The Morgan fingerprint density at radius 1 is 1.16 bits per heavy atom. The van der Waals surface area contributed by atoms with Gasteiger partial charge in [0.1, 0.15) is 23.9 Å². The van der Waals surface area contributed by atoms with Crippen LogP contribution in [0.5, 0.6) is 11.5 Å². The third-order valence-corrected chi connectivity index (χ3v) is 6.44. The fraction of sp³-hybridized carbons (Fsp3) is 0.542. The fourth-order valence-electron chi connectivity index (χ4n) is 4.63. The zero-order chi connectivity index (χ0) is 21.6. The lowest BCUT2D eigenvalue weighted by molar-refractivity contribution is 0.0748. The molecule has 2 aromatic rings. The number of hydrogen-bond acceptors (Lipinski definition) is 6. The molecule has 2 aliphatic rings. The van der Waals surface area contributed by atoms with Crippen LogP contribution < -0.4 is 14.8 Å². The average molecular weight is 425 g/mol. The number of benzene rings is 1. The molecular weight excluding hydrogens is 392 g/mol. The predicted octanol–water partition coefficient (Wildman–Crippen LogP) is 3.76. The highest BCUT2D eigenvalue weighted by molar-refractivity contribution is 5.97. The van der Waals surface area contributed by atoms with Gasteiger partial charge >= 0.3 is 0 Å². The van der Waals surface area contributed by atoms with Crippen molar-refractivity contribution in [1.82, 2.24) is 20.2 Å². The maximum absolute atomic E-state index is 13.1. The van der Waals surface area contributed by atoms with Gasteiger partial charge in [0.25, 0.3) is 5.91 Å². The quantitative estimate of drug-likeness (QED) is 0.729. The fourth-order valence-corrected chi connectivity index (χ4v) is 4.63. The Hall–Kier alpha value is -2.67. The Balaban J connectivity index is 1.42. The summed E-state index contributed by atoms with van der Waals surface area (Å²) in [5.41, 5.74) is 1.24. The van der Waals surface area contributed by atoms with Crippen LogP contribution in [0.25, 0.3) is 0 Å². The molecule has 1 aromatic heterocycles. The van der Waals surface area contributed by atoms with Crippen molar-refractivity contribution >= 4 is 5.91 Å². The number of aromatic nitrogens is 2. The van der Waals surface area contributed by atoms with Crippen molar-refractivity contribution in [2.45, 2.75) is 63.6 Å². The van der Waals surface area contributed by atoms with E-state index < -0.39 is 0 Å². The Labute approximate surface area is 184 Å². The van der Waals surface area contributed by atoms with Crippen LogP contribution in [0.15, 0.2) is 36.8 Å². The van der Waals surface area contributed by atoms with Crippen molar-refractivity contribution in [2.75, 3.05) is 20.2 Å². The van der Waals surface area contributed by atoms with Gasteiger partial charge in [-0.25, -0.2) is 9.97 Å². The zero-order valence-corrected chi connectivity index (χ0v) is 18.4. The Bertz CT molecular complexity index is 862. The molecule has 0 bridgehead atoms. The van der Waals surface area contributed by atoms with Gasteiger partial charge in [-0.2, -0.15) is 0 Å². The van der Waals surface area contributed by atoms with E-state index in [-0.39, 0.29) is 18.1 Å². The molecule has 0 unspecified atom stereocenters. The van der Waals surface area contributed by atoms with E-state index in [0.29, 0.717) is 17.1 Å². The van der Waals surface area contributed by atoms with Crippen molar-refractivity contribution in [2.24, 2.45) is 0 Å². The minimum Gasteiger partial charge on any atom is -0.497 e. The van der Waals surface area contributed by atoms with Gasteiger partial charge in [-0.3, -0.25) is 4.79 Å². The maximum Gasteiger partial charge on any atom is 0.255 e. The SMILES string of the molecule is COc1ccc(OC2CCN(C3CCCC3)CC2)c(C(=O)N[C@@H](C)c2ccncn2)c1. The number of likely N-dealkylation sites (tertiary alicyclic amines) is 1. The summed E-state index contributed by atoms with van der Waals surface area (Å²) in [4.78, 5) is 23.9. The lowest BCUT2D eigenvalue weighted by Crippen LogP contribution is -2.43. The lowest BCUT2D eigenvalue weighted by Gasteiger charge is -2.36. The average Bonchev–Trinajstić information content (AvgIpc) is 3.35. The van der Waals surface area contributed by atoms with Crippen LogP contribution in [-0.2, 0) is 0 Å². The van der Waals surface area contributed by atoms with Gasteiger partial charge in [-0.1, -0.05) is 12.8 Å². The molecule has 0 spiro atoms. The highest BCUT2D eigenvalue weighted by atomic mass is 16.5. The number of rotatable bonds is 7. The van der Waals surface area contributed by atoms with Gasteiger partial charge in [0.05, 0.1) is 24.4 Å². The molecule has 2 heterocycles. The highest BCUT2D eigenvalue weighted by Gasteiger charge is 2.28. The minimum atomic E-state index is -0.246. The number of amides is 1. The molecule has 166 valence electrons. The molecule has 0 radical (unpaired) electrons. The van der Waals surface area contributed by atoms with E-state index in [4.69, 9.17) is 9.47 Å². The minimum absolute atomic E-state index is 0.122. The summed E-state index contributed by atoms with van der Waals surface area (Å²) < 4.78 is 11.7. The number of nitrogens with zero attached hydrogens (tertiary/aromatic N) is 3. The first kappa shape index (κ1) is 21.6. The van der Waals surface area contributed by atoms with Crippen LogP contribution in [0.1, 0.15) is 67.5 Å². The summed E-state index contributed by atoms with van der Waals surface area (Å²) in [5, 5.41) is 3.01. The molecule has 1 amide bonds. The number of carbonyl (C=O) groups is 1. The number of methoxy groups -OCH3 is 1. The van der Waals surface area contributed by atoms with Gasteiger partial charge in [0.2, 0.25) is 0 Å². The van der Waals surface area contributed by atoms with Crippen LogP contribution in [0.4, 0.5) is 0 Å². The van der Waals surface area contributed by atoms with Crippen molar-refractivity contribution in [1.29, 1.82) is 0 Å². The summed E-state index contributed by atoms with van der Waals surface area (Å²) >= 11 is 0. The number of hydrogen-bond donors (Lipinski definition) is 1. The summed E-state index contributed by atoms with van der Waals surface area (Å²) in [6.45, 7) is 4.04. The van der Waals surface area contributed by atoms with E-state index in [1.165, 1.54) is 32.0 Å². The maximum atomic E-state index is 13.1. The van der Waals surface area contributed by atoms with E-state index in [1.54, 1.807) is 25.4 Å². The van der Waals surface area contributed by atoms with Crippen molar-refractivity contribution in [3.05, 3.63) is 48.0 Å². The van der Waals surface area contributed by atoms with E-state index >= 15 is 0 Å². The number of ether oxygens (including phenoxy) is 2. The Morgan fingerprint density at radius 3 is 2.61 bits per heavy atom. The molecule has 1 N–H and O–H groups in total. The van der Waals surface area contributed by atoms with E-state index in [0.717, 1.165) is 37.7 Å². The normalized spacial score (nSPS) is 19.2. The van der Waals surface area contributed by atoms with Gasteiger partial charge in [-0.05, 0) is 56.9 Å². The molecule has 4 rings (SSSR count). The van der Waals surface area contributed by atoms with Gasteiger partial charge in [0, 0.05) is 25.3 Å². The second-order valence-corrected chi connectivity index (χ2v) is 8.48. The molecule has 31 heavy (non-hydrogen) atoms. The zero-order valence-electron chi connectivity index (χ0n) is 18.4. The number of carbonyl (C=O) groups excluding carboxylic acids is 1. The van der Waals surface area contributed by atoms with Crippen molar-refractivity contribution in [3.63, 3.8) is 0 Å². The molecule has 1 aromatic carbocycles. The molecule has 1 saturated heterocycles. The van der Waals surface area contributed by atoms with E-state index in [2.05, 4.69) is 20.2 Å². The number of piperidine rings is 1. The monoisotopic (exact) mass is 424 g/mol. The summed E-state index contributed by atoms with van der Waals surface area (Å²) in [6.07, 6.45) is 10.6. The second kappa shape index (κ2) is 10.1. The topological polar surface area (TPSA) is 76.6 Å². The predicted molar refractivity (Wildman–Crippen MR) is 118 cm³/mol. The molecule has 1 saturated carbocycles. The number of nitrogens with one attached hydrogen (secondary N) is 1. The third-order valence-electron chi connectivity index (χ3n) is 6.44. The van der Waals surface area contributed by atoms with Crippen LogP contribution >= 0.6 is 0 Å². The van der Waals surface area contributed by atoms with Gasteiger partial charge in [0.15, 0.2) is 0 Å². The van der Waals surface area contributed by atoms with Crippen molar-refractivity contribution in [3.8, 4) is 11.5 Å². The first-order valence-electron chi connectivity index (χ1n) is 11.3. The molecule has 2 fully saturated rings. The van der Waals surface area contributed by atoms with Gasteiger partial charge in [-0.15, -0.1) is 0 Å². The van der Waals surface area contributed by atoms with Gasteiger partial charge < -0.3 is 19.7 Å². The first-order valence-corrected chi connectivity index (χ1v) is 11.3. The molecule has 1 aliphatic carbocycles. The highest BCUT2D eigenvalue weighted by Crippen LogP contribution is 2.30. The largest absolute Gasteiger partial charge is 0.497 e. The van der Waals surface area contributed by atoms with Crippen LogP contribution in [-0.4, -0.2) is 53.1 Å². The molecular formula is C24H32N4O3. The smallest absolute Gasteiger partial charge is 0.255 e. The standard InChI is InChI=1S/C24H32N4O3/c1-17(22-9-12-25-16-26-22)27-24(29)21-15-20(30-2)7-8-23(21)31-19-10-13-28(14-11-19)18-5-3-4-6-18/h7-9,12,15-19H,3-6,10-11,13-14H2,1-2H3,(H,27,29)/t17-/m0/s1. The van der Waals surface area contributed by atoms with Crippen LogP contribution in [0.3, 0.4) is 0 Å². The van der Waals surface area contributed by atoms with Crippen LogP contribution in [0.2, 0.25) is 0 Å². The molecule has 7 heteroatoms. The van der Waals surface area contributed by atoms with E-state index in [9.17, 15) is 4.79 Å². The van der Waals surface area contributed by atoms with Crippen molar-refractivity contribution < 1.29 is 14.3 Å². The summed E-state index contributed by atoms with van der Waals surface area (Å²) in [6, 6.07) is 7.73. The Kier molecular flexibility index (Phi) is 7.02. The summed E-state index contributed by atoms with van der Waals surface area (Å²) in [5.74, 6) is 1.03. The summed E-state index contributed by atoms with van der Waals surface area (Å²) in [7, 11) is 1.60.